The summed E-state index contributed by atoms with van der Waals surface area (Å²) in [4.78, 5) is 8.67. The lowest BCUT2D eigenvalue weighted by atomic mass is 9.83. The van der Waals surface area contributed by atoms with Gasteiger partial charge < -0.3 is 21.5 Å². The van der Waals surface area contributed by atoms with E-state index in [-0.39, 0.29) is 11.6 Å². The number of hydrogen-bond acceptors (Lipinski definition) is 6. The molecule has 1 aliphatic rings. The highest BCUT2D eigenvalue weighted by Crippen LogP contribution is 2.30. The molecule has 0 bridgehead atoms. The Morgan fingerprint density at radius 3 is 2.76 bits per heavy atom. The minimum atomic E-state index is -0.607. The van der Waals surface area contributed by atoms with E-state index in [0.717, 1.165) is 19.3 Å². The van der Waals surface area contributed by atoms with Crippen LogP contribution in [-0.2, 0) is 0 Å². The van der Waals surface area contributed by atoms with Gasteiger partial charge in [0.1, 0.15) is 0 Å². The van der Waals surface area contributed by atoms with Gasteiger partial charge in [-0.2, -0.15) is 4.98 Å². The second kappa shape index (κ2) is 5.67. The predicted molar refractivity (Wildman–Crippen MR) is 86.3 cm³/mol. The Labute approximate surface area is 126 Å². The maximum absolute atomic E-state index is 10.2. The summed E-state index contributed by atoms with van der Waals surface area (Å²) in [7, 11) is 0. The molecule has 2 atom stereocenters. The lowest BCUT2D eigenvalue weighted by Crippen LogP contribution is -2.38. The first-order chi connectivity index (χ1) is 9.65. The number of hydrogen-bond donors (Lipinski definition) is 4. The number of nitrogens with two attached hydrogens (primary N) is 1. The zero-order chi connectivity index (χ0) is 15.7. The van der Waals surface area contributed by atoms with Crippen LogP contribution in [0.1, 0.15) is 53.4 Å². The smallest absolute Gasteiger partial charge is 0.225 e. The Kier molecular flexibility index (Phi) is 4.27. The monoisotopic (exact) mass is 293 g/mol. The van der Waals surface area contributed by atoms with Gasteiger partial charge in [-0.1, -0.05) is 0 Å². The molecule has 1 aromatic rings. The molecular formula is C15H27N5O. The quantitative estimate of drug-likeness (QED) is 0.683. The van der Waals surface area contributed by atoms with Crippen molar-refractivity contribution in [2.45, 2.75) is 70.6 Å². The van der Waals surface area contributed by atoms with E-state index in [1.807, 2.05) is 6.92 Å². The van der Waals surface area contributed by atoms with Gasteiger partial charge in [0.25, 0.3) is 0 Å². The fraction of sp³-hybridized carbons (Fsp3) is 0.733. The van der Waals surface area contributed by atoms with Crippen LogP contribution in [0.25, 0.3) is 0 Å². The third-order valence-corrected chi connectivity index (χ3v) is 3.60. The molecule has 1 aromatic heterocycles. The zero-order valence-electron chi connectivity index (χ0n) is 13.4. The lowest BCUT2D eigenvalue weighted by Gasteiger charge is -2.34. The van der Waals surface area contributed by atoms with Gasteiger partial charge in [0, 0.05) is 11.6 Å². The lowest BCUT2D eigenvalue weighted by molar-refractivity contribution is 0.0182. The number of rotatable bonds is 3. The molecule has 0 aromatic carbocycles. The molecule has 2 rings (SSSR count). The maximum atomic E-state index is 10.2. The SMILES string of the molecule is CC(C)(C)Nc1ncc(N)c(N[C@@H]2CCC[C@](C)(O)C2)n1. The first-order valence-electron chi connectivity index (χ1n) is 7.54. The third kappa shape index (κ3) is 4.74. The molecule has 118 valence electrons. The van der Waals surface area contributed by atoms with Gasteiger partial charge in [0.15, 0.2) is 5.82 Å². The minimum absolute atomic E-state index is 0.109. The molecule has 0 unspecified atom stereocenters. The van der Waals surface area contributed by atoms with Crippen molar-refractivity contribution in [3.8, 4) is 0 Å². The van der Waals surface area contributed by atoms with Crippen LogP contribution in [0.2, 0.25) is 0 Å². The van der Waals surface area contributed by atoms with E-state index >= 15 is 0 Å². The van der Waals surface area contributed by atoms with Crippen molar-refractivity contribution in [2.75, 3.05) is 16.4 Å². The molecule has 1 aliphatic carbocycles. The summed E-state index contributed by atoms with van der Waals surface area (Å²) >= 11 is 0. The summed E-state index contributed by atoms with van der Waals surface area (Å²) in [5.41, 5.74) is 5.77. The van der Waals surface area contributed by atoms with Crippen LogP contribution in [0, 0.1) is 0 Å². The molecule has 0 amide bonds. The van der Waals surface area contributed by atoms with E-state index in [4.69, 9.17) is 5.73 Å². The van der Waals surface area contributed by atoms with Crippen molar-refractivity contribution in [1.29, 1.82) is 0 Å². The topological polar surface area (TPSA) is 96.1 Å². The van der Waals surface area contributed by atoms with Gasteiger partial charge in [0.2, 0.25) is 5.95 Å². The normalized spacial score (nSPS) is 26.4. The van der Waals surface area contributed by atoms with Crippen LogP contribution in [0.15, 0.2) is 6.20 Å². The van der Waals surface area contributed by atoms with E-state index < -0.39 is 5.60 Å². The van der Waals surface area contributed by atoms with Crippen LogP contribution < -0.4 is 16.4 Å². The van der Waals surface area contributed by atoms with Gasteiger partial charge in [-0.15, -0.1) is 0 Å². The van der Waals surface area contributed by atoms with Crippen LogP contribution in [0.3, 0.4) is 0 Å². The number of anilines is 3. The molecule has 21 heavy (non-hydrogen) atoms. The number of nitrogen functional groups attached to an aromatic ring is 1. The summed E-state index contributed by atoms with van der Waals surface area (Å²) in [6.45, 7) is 8.05. The standard InChI is InChI=1S/C15H27N5O/c1-14(2,3)20-13-17-9-11(16)12(19-13)18-10-6-5-7-15(4,21)8-10/h9-10,21H,5-8,16H2,1-4H3,(H2,17,18,19,20)/t10-,15+/m1/s1. The van der Waals surface area contributed by atoms with Gasteiger partial charge in [0.05, 0.1) is 17.5 Å². The second-order valence-electron chi connectivity index (χ2n) is 7.31. The molecule has 5 N–H and O–H groups in total. The van der Waals surface area contributed by atoms with E-state index in [1.54, 1.807) is 6.20 Å². The Morgan fingerprint density at radius 1 is 1.43 bits per heavy atom. The highest BCUT2D eigenvalue weighted by Gasteiger charge is 2.30. The molecule has 1 saturated carbocycles. The molecule has 6 nitrogen and oxygen atoms in total. The number of nitrogens with one attached hydrogen (secondary N) is 2. The Morgan fingerprint density at radius 2 is 2.14 bits per heavy atom. The van der Waals surface area contributed by atoms with Crippen LogP contribution in [0.4, 0.5) is 17.5 Å². The fourth-order valence-corrected chi connectivity index (χ4v) is 2.68. The molecule has 0 spiro atoms. The molecular weight excluding hydrogens is 266 g/mol. The molecule has 1 heterocycles. The van der Waals surface area contributed by atoms with Gasteiger partial charge in [-0.3, -0.25) is 0 Å². The number of nitrogens with zero attached hydrogens (tertiary/aromatic N) is 2. The first kappa shape index (κ1) is 15.8. The Bertz CT molecular complexity index is 495. The molecule has 0 saturated heterocycles. The average molecular weight is 293 g/mol. The van der Waals surface area contributed by atoms with Crippen molar-refractivity contribution in [3.63, 3.8) is 0 Å². The molecule has 1 fully saturated rings. The first-order valence-corrected chi connectivity index (χ1v) is 7.54. The van der Waals surface area contributed by atoms with Gasteiger partial charge in [-0.25, -0.2) is 4.98 Å². The largest absolute Gasteiger partial charge is 0.394 e. The van der Waals surface area contributed by atoms with Crippen molar-refractivity contribution >= 4 is 17.5 Å². The van der Waals surface area contributed by atoms with E-state index in [1.165, 1.54) is 0 Å². The van der Waals surface area contributed by atoms with Crippen LogP contribution >= 0.6 is 0 Å². The number of aliphatic hydroxyl groups is 1. The molecule has 0 radical (unpaired) electrons. The highest BCUT2D eigenvalue weighted by molar-refractivity contribution is 5.62. The molecule has 0 aliphatic heterocycles. The zero-order valence-corrected chi connectivity index (χ0v) is 13.4. The second-order valence-corrected chi connectivity index (χ2v) is 7.31. The average Bonchev–Trinajstić information content (AvgIpc) is 2.30. The summed E-state index contributed by atoms with van der Waals surface area (Å²) in [6.07, 6.45) is 5.19. The van der Waals surface area contributed by atoms with Crippen molar-refractivity contribution in [3.05, 3.63) is 6.20 Å². The van der Waals surface area contributed by atoms with Crippen LogP contribution in [0.5, 0.6) is 0 Å². The van der Waals surface area contributed by atoms with Crippen molar-refractivity contribution in [1.82, 2.24) is 9.97 Å². The summed E-state index contributed by atoms with van der Waals surface area (Å²) in [6, 6.07) is 0.188. The summed E-state index contributed by atoms with van der Waals surface area (Å²) < 4.78 is 0. The van der Waals surface area contributed by atoms with Crippen LogP contribution in [-0.4, -0.2) is 32.3 Å². The van der Waals surface area contributed by atoms with Crippen molar-refractivity contribution in [2.24, 2.45) is 0 Å². The van der Waals surface area contributed by atoms with Crippen molar-refractivity contribution < 1.29 is 5.11 Å². The summed E-state index contributed by atoms with van der Waals surface area (Å²) in [5.74, 6) is 1.20. The number of aromatic nitrogens is 2. The highest BCUT2D eigenvalue weighted by atomic mass is 16.3. The minimum Gasteiger partial charge on any atom is -0.394 e. The Balaban J connectivity index is 2.10. The summed E-state index contributed by atoms with van der Waals surface area (Å²) in [5, 5.41) is 16.8. The van der Waals surface area contributed by atoms with E-state index in [2.05, 4.69) is 41.4 Å². The maximum Gasteiger partial charge on any atom is 0.225 e. The predicted octanol–water partition coefficient (Wildman–Crippen LogP) is 2.37. The Hall–Kier alpha value is -1.56. The third-order valence-electron chi connectivity index (χ3n) is 3.60. The van der Waals surface area contributed by atoms with Gasteiger partial charge >= 0.3 is 0 Å². The fourth-order valence-electron chi connectivity index (χ4n) is 2.68. The van der Waals surface area contributed by atoms with E-state index in [0.29, 0.717) is 23.9 Å². The van der Waals surface area contributed by atoms with Gasteiger partial charge in [-0.05, 0) is 53.4 Å². The van der Waals surface area contributed by atoms with E-state index in [9.17, 15) is 5.11 Å². The molecule has 6 heteroatoms.